The fraction of sp³-hybridized carbons (Fsp3) is 0.727. The van der Waals surface area contributed by atoms with Crippen molar-refractivity contribution in [2.45, 2.75) is 38.5 Å². The van der Waals surface area contributed by atoms with Crippen molar-refractivity contribution in [3.8, 4) is 0 Å². The fourth-order valence-electron chi connectivity index (χ4n) is 1.45. The molecule has 1 aromatic rings. The van der Waals surface area contributed by atoms with E-state index in [1.165, 1.54) is 15.6 Å². The van der Waals surface area contributed by atoms with Crippen molar-refractivity contribution in [1.29, 1.82) is 0 Å². The molecule has 0 saturated heterocycles. The Morgan fingerprint density at radius 1 is 1.40 bits per heavy atom. The second-order valence-corrected chi connectivity index (χ2v) is 6.63. The van der Waals surface area contributed by atoms with Gasteiger partial charge in [-0.05, 0) is 13.3 Å². The molecule has 0 radical (unpaired) electrons. The van der Waals surface area contributed by atoms with E-state index in [9.17, 15) is 0 Å². The van der Waals surface area contributed by atoms with Crippen LogP contribution in [0.25, 0.3) is 0 Å². The van der Waals surface area contributed by atoms with Crippen LogP contribution in [0.4, 0.5) is 0 Å². The van der Waals surface area contributed by atoms with E-state index in [4.69, 9.17) is 4.98 Å². The van der Waals surface area contributed by atoms with Gasteiger partial charge in [-0.25, -0.2) is 4.98 Å². The predicted molar refractivity (Wildman–Crippen MR) is 70.8 cm³/mol. The summed E-state index contributed by atoms with van der Waals surface area (Å²) in [6.45, 7) is 7.61. The summed E-state index contributed by atoms with van der Waals surface area (Å²) in [4.78, 5) is 6.13. The van der Waals surface area contributed by atoms with Gasteiger partial charge in [-0.1, -0.05) is 20.8 Å². The third-order valence-corrected chi connectivity index (χ3v) is 3.86. The van der Waals surface area contributed by atoms with Gasteiger partial charge in [0.2, 0.25) is 0 Å². The quantitative estimate of drug-likeness (QED) is 0.881. The Morgan fingerprint density at radius 2 is 2.07 bits per heavy atom. The molecule has 0 spiro atoms. The number of aromatic nitrogens is 1. The summed E-state index contributed by atoms with van der Waals surface area (Å²) in [5.41, 5.74) is 1.41. The molecule has 1 aromatic heterocycles. The van der Waals surface area contributed by atoms with Crippen LogP contribution in [-0.2, 0) is 17.7 Å². The van der Waals surface area contributed by atoms with E-state index in [1.54, 1.807) is 0 Å². The highest BCUT2D eigenvalue weighted by atomic mass is 32.2. The molecule has 0 aliphatic heterocycles. The monoisotopic (exact) mass is 244 g/mol. The standard InChI is InChI=1S/C11H20N2S2/c1-11(2,3)10-8(6-12-4)15-9(13-10)7-14-5/h12H,6-7H2,1-5H3. The minimum Gasteiger partial charge on any atom is -0.315 e. The average molecular weight is 244 g/mol. The smallest absolute Gasteiger partial charge is 0.103 e. The number of hydrogen-bond donors (Lipinski definition) is 1. The van der Waals surface area contributed by atoms with Crippen molar-refractivity contribution in [3.63, 3.8) is 0 Å². The molecule has 0 amide bonds. The molecular weight excluding hydrogens is 224 g/mol. The van der Waals surface area contributed by atoms with E-state index in [0.717, 1.165) is 12.3 Å². The summed E-state index contributed by atoms with van der Waals surface area (Å²) in [6.07, 6.45) is 2.12. The Bertz CT molecular complexity index is 313. The molecule has 4 heteroatoms. The molecule has 1 N–H and O–H groups in total. The Balaban J connectivity index is 3.00. The Labute approximate surface area is 101 Å². The lowest BCUT2D eigenvalue weighted by atomic mass is 9.91. The van der Waals surface area contributed by atoms with Gasteiger partial charge in [0.25, 0.3) is 0 Å². The molecule has 0 atom stereocenters. The molecule has 1 rings (SSSR count). The summed E-state index contributed by atoms with van der Waals surface area (Å²) in [7, 11) is 1.99. The first kappa shape index (κ1) is 13.0. The van der Waals surface area contributed by atoms with E-state index >= 15 is 0 Å². The molecule has 86 valence electrons. The van der Waals surface area contributed by atoms with Crippen LogP contribution in [0.15, 0.2) is 0 Å². The second-order valence-electron chi connectivity index (χ2n) is 4.59. The van der Waals surface area contributed by atoms with E-state index in [2.05, 4.69) is 32.3 Å². The zero-order chi connectivity index (χ0) is 11.5. The van der Waals surface area contributed by atoms with Gasteiger partial charge in [-0.3, -0.25) is 0 Å². The van der Waals surface area contributed by atoms with Crippen molar-refractivity contribution in [2.75, 3.05) is 13.3 Å². The summed E-state index contributed by atoms with van der Waals surface area (Å²) in [5, 5.41) is 4.46. The van der Waals surface area contributed by atoms with E-state index in [-0.39, 0.29) is 5.41 Å². The largest absolute Gasteiger partial charge is 0.315 e. The van der Waals surface area contributed by atoms with Crippen molar-refractivity contribution in [2.24, 2.45) is 0 Å². The SMILES string of the molecule is CNCc1sc(CSC)nc1C(C)(C)C. The van der Waals surface area contributed by atoms with Gasteiger partial charge in [-0.2, -0.15) is 11.8 Å². The first-order valence-electron chi connectivity index (χ1n) is 5.11. The van der Waals surface area contributed by atoms with Crippen LogP contribution in [0, 0.1) is 0 Å². The lowest BCUT2D eigenvalue weighted by molar-refractivity contribution is 0.562. The molecule has 15 heavy (non-hydrogen) atoms. The van der Waals surface area contributed by atoms with Gasteiger partial charge in [-0.15, -0.1) is 11.3 Å². The lowest BCUT2D eigenvalue weighted by Gasteiger charge is -2.17. The average Bonchev–Trinajstić information content (AvgIpc) is 2.49. The van der Waals surface area contributed by atoms with Crippen LogP contribution in [-0.4, -0.2) is 18.3 Å². The van der Waals surface area contributed by atoms with Gasteiger partial charge >= 0.3 is 0 Å². The van der Waals surface area contributed by atoms with Crippen LogP contribution in [0.2, 0.25) is 0 Å². The first-order chi connectivity index (χ1) is 6.99. The molecule has 0 unspecified atom stereocenters. The molecule has 0 aliphatic carbocycles. The number of thiazole rings is 1. The van der Waals surface area contributed by atoms with E-state index in [0.29, 0.717) is 0 Å². The summed E-state index contributed by atoms with van der Waals surface area (Å²) in [6, 6.07) is 0. The first-order valence-corrected chi connectivity index (χ1v) is 7.32. The highest BCUT2D eigenvalue weighted by molar-refractivity contribution is 7.97. The van der Waals surface area contributed by atoms with Gasteiger partial charge in [0.05, 0.1) is 5.69 Å². The zero-order valence-electron chi connectivity index (χ0n) is 10.2. The zero-order valence-corrected chi connectivity index (χ0v) is 11.8. The number of hydrogen-bond acceptors (Lipinski definition) is 4. The van der Waals surface area contributed by atoms with Crippen LogP contribution in [0.5, 0.6) is 0 Å². The van der Waals surface area contributed by atoms with Crippen molar-refractivity contribution in [3.05, 3.63) is 15.6 Å². The molecular formula is C11H20N2S2. The minimum absolute atomic E-state index is 0.152. The summed E-state index contributed by atoms with van der Waals surface area (Å²) < 4.78 is 0. The predicted octanol–water partition coefficient (Wildman–Crippen LogP) is 3.02. The lowest BCUT2D eigenvalue weighted by Crippen LogP contribution is -2.16. The van der Waals surface area contributed by atoms with Crippen LogP contribution < -0.4 is 5.32 Å². The number of rotatable bonds is 4. The maximum absolute atomic E-state index is 4.75. The van der Waals surface area contributed by atoms with Crippen molar-refractivity contribution < 1.29 is 0 Å². The molecule has 0 bridgehead atoms. The Morgan fingerprint density at radius 3 is 2.53 bits per heavy atom. The fourth-order valence-corrected chi connectivity index (χ4v) is 3.44. The van der Waals surface area contributed by atoms with Gasteiger partial charge in [0.15, 0.2) is 0 Å². The number of nitrogens with zero attached hydrogens (tertiary/aromatic N) is 1. The number of thioether (sulfide) groups is 1. The number of nitrogens with one attached hydrogen (secondary N) is 1. The topological polar surface area (TPSA) is 24.9 Å². The second kappa shape index (κ2) is 5.32. The van der Waals surface area contributed by atoms with Crippen LogP contribution in [0.3, 0.4) is 0 Å². The van der Waals surface area contributed by atoms with Crippen molar-refractivity contribution in [1.82, 2.24) is 10.3 Å². The van der Waals surface area contributed by atoms with Gasteiger partial charge < -0.3 is 5.32 Å². The maximum Gasteiger partial charge on any atom is 0.103 e. The van der Waals surface area contributed by atoms with Gasteiger partial charge in [0, 0.05) is 22.6 Å². The summed E-state index contributed by atoms with van der Waals surface area (Å²) >= 11 is 3.67. The molecule has 1 heterocycles. The molecule has 2 nitrogen and oxygen atoms in total. The normalized spacial score (nSPS) is 12.1. The Hall–Kier alpha value is -0.0600. The van der Waals surface area contributed by atoms with Crippen LogP contribution >= 0.6 is 23.1 Å². The molecule has 0 saturated carbocycles. The highest BCUT2D eigenvalue weighted by Gasteiger charge is 2.22. The third kappa shape index (κ3) is 3.47. The van der Waals surface area contributed by atoms with Gasteiger partial charge in [0.1, 0.15) is 5.01 Å². The highest BCUT2D eigenvalue weighted by Crippen LogP contribution is 2.30. The van der Waals surface area contributed by atoms with Crippen LogP contribution in [0.1, 0.15) is 36.3 Å². The molecule has 0 aliphatic rings. The summed E-state index contributed by atoms with van der Waals surface area (Å²) in [5.74, 6) is 1.03. The van der Waals surface area contributed by atoms with E-state index < -0.39 is 0 Å². The molecule has 0 fully saturated rings. The minimum atomic E-state index is 0.152. The Kier molecular flexibility index (Phi) is 4.62. The van der Waals surface area contributed by atoms with Crippen molar-refractivity contribution >= 4 is 23.1 Å². The van der Waals surface area contributed by atoms with E-state index in [1.807, 2.05) is 30.1 Å². The molecule has 0 aromatic carbocycles. The maximum atomic E-state index is 4.75. The third-order valence-electron chi connectivity index (χ3n) is 2.06.